The Labute approximate surface area is 165 Å². The minimum atomic E-state index is -0.584. The summed E-state index contributed by atoms with van der Waals surface area (Å²) in [4.78, 5) is 41.1. The Balaban J connectivity index is 1.93. The second-order valence-electron chi connectivity index (χ2n) is 6.34. The molecule has 1 aliphatic carbocycles. The highest BCUT2D eigenvalue weighted by Gasteiger charge is 2.44. The maximum Gasteiger partial charge on any atom is 0.354 e. The van der Waals surface area contributed by atoms with E-state index in [9.17, 15) is 14.4 Å². The van der Waals surface area contributed by atoms with Crippen molar-refractivity contribution in [1.82, 2.24) is 14.1 Å². The van der Waals surface area contributed by atoms with Crippen LogP contribution in [0.1, 0.15) is 18.9 Å². The van der Waals surface area contributed by atoms with E-state index in [1.165, 1.54) is 23.4 Å². The third-order valence-electron chi connectivity index (χ3n) is 4.49. The predicted octanol–water partition coefficient (Wildman–Crippen LogP) is 2.03. The molecule has 3 rings (SSSR count). The van der Waals surface area contributed by atoms with Gasteiger partial charge in [-0.1, -0.05) is 42.4 Å². The molecule has 7 nitrogen and oxygen atoms in total. The molecule has 2 atom stereocenters. The van der Waals surface area contributed by atoms with Crippen LogP contribution in [0.15, 0.2) is 39.0 Å². The van der Waals surface area contributed by atoms with Crippen molar-refractivity contribution >= 4 is 29.3 Å². The van der Waals surface area contributed by atoms with Crippen LogP contribution in [0, 0.1) is 11.8 Å². The molecule has 27 heavy (non-hydrogen) atoms. The third-order valence-corrected chi connectivity index (χ3v) is 5.60. The average molecular weight is 410 g/mol. The summed E-state index contributed by atoms with van der Waals surface area (Å²) in [5.41, 5.74) is -0.124. The van der Waals surface area contributed by atoms with Crippen molar-refractivity contribution in [3.05, 3.63) is 55.8 Å². The number of thioether (sulfide) groups is 1. The number of ether oxygens (including phenoxy) is 1. The van der Waals surface area contributed by atoms with E-state index in [2.05, 4.69) is 4.98 Å². The number of esters is 1. The monoisotopic (exact) mass is 409 g/mol. The largest absolute Gasteiger partial charge is 0.469 e. The van der Waals surface area contributed by atoms with Gasteiger partial charge in [-0.3, -0.25) is 9.36 Å². The summed E-state index contributed by atoms with van der Waals surface area (Å²) in [6, 6.07) is 7.17. The highest BCUT2D eigenvalue weighted by Crippen LogP contribution is 2.40. The molecule has 0 saturated heterocycles. The highest BCUT2D eigenvalue weighted by atomic mass is 35.5. The maximum atomic E-state index is 13.0. The van der Waals surface area contributed by atoms with Gasteiger partial charge in [-0.2, -0.15) is 4.98 Å². The van der Waals surface area contributed by atoms with Crippen LogP contribution in [0.25, 0.3) is 0 Å². The standard InChI is InChI=1S/C18H20ClN3O4S/c1-3-27-17-20-16(24)21(10-12-8-14(12)15(23)26-2)18(25)22(17)9-11-4-6-13(19)7-5-11/h4-7,12,14H,3,8-10H2,1-2H3/t12-,14+/m1/s1. The zero-order valence-corrected chi connectivity index (χ0v) is 16.6. The molecule has 0 radical (unpaired) electrons. The van der Waals surface area contributed by atoms with E-state index in [0.717, 1.165) is 10.1 Å². The summed E-state index contributed by atoms with van der Waals surface area (Å²) in [7, 11) is 1.33. The van der Waals surface area contributed by atoms with Gasteiger partial charge in [-0.05, 0) is 35.8 Å². The fraction of sp³-hybridized carbons (Fsp3) is 0.444. The Morgan fingerprint density at radius 1 is 1.30 bits per heavy atom. The topological polar surface area (TPSA) is 83.2 Å². The normalized spacial score (nSPS) is 18.3. The van der Waals surface area contributed by atoms with E-state index in [0.29, 0.717) is 22.4 Å². The van der Waals surface area contributed by atoms with Crippen LogP contribution in [0.2, 0.25) is 5.02 Å². The van der Waals surface area contributed by atoms with Crippen LogP contribution >= 0.6 is 23.4 Å². The van der Waals surface area contributed by atoms with Gasteiger partial charge in [0.05, 0.1) is 19.6 Å². The van der Waals surface area contributed by atoms with Crippen molar-refractivity contribution in [3.8, 4) is 0 Å². The molecule has 1 aromatic carbocycles. The first-order valence-corrected chi connectivity index (χ1v) is 9.97. The SMILES string of the molecule is CCSc1nc(=O)n(C[C@H]2C[C@@H]2C(=O)OC)c(=O)n1Cc1ccc(Cl)cc1. The summed E-state index contributed by atoms with van der Waals surface area (Å²) in [5.74, 6) is 0.0541. The molecule has 144 valence electrons. The average Bonchev–Trinajstić information content (AvgIpc) is 3.42. The molecule has 1 heterocycles. The van der Waals surface area contributed by atoms with Crippen molar-refractivity contribution < 1.29 is 9.53 Å². The summed E-state index contributed by atoms with van der Waals surface area (Å²) < 4.78 is 7.34. The first-order valence-electron chi connectivity index (χ1n) is 8.61. The summed E-state index contributed by atoms with van der Waals surface area (Å²) in [6.45, 7) is 2.39. The Hall–Kier alpha value is -2.06. The number of methoxy groups -OCH3 is 1. The number of benzene rings is 1. The number of carbonyl (C=O) groups is 1. The highest BCUT2D eigenvalue weighted by molar-refractivity contribution is 7.99. The fourth-order valence-electron chi connectivity index (χ4n) is 2.94. The lowest BCUT2D eigenvalue weighted by atomic mass is 10.2. The predicted molar refractivity (Wildman–Crippen MR) is 103 cm³/mol. The molecule has 1 aromatic heterocycles. The molecule has 0 unspecified atom stereocenters. The molecule has 1 saturated carbocycles. The van der Waals surface area contributed by atoms with E-state index in [1.807, 2.05) is 19.1 Å². The Bertz CT molecular complexity index is 955. The van der Waals surface area contributed by atoms with Gasteiger partial charge in [0.2, 0.25) is 0 Å². The molecule has 1 aliphatic rings. The number of nitrogens with zero attached hydrogens (tertiary/aromatic N) is 3. The Morgan fingerprint density at radius 3 is 2.63 bits per heavy atom. The van der Waals surface area contributed by atoms with Gasteiger partial charge < -0.3 is 4.74 Å². The summed E-state index contributed by atoms with van der Waals surface area (Å²) in [6.07, 6.45) is 0.612. The number of aromatic nitrogens is 3. The van der Waals surface area contributed by atoms with E-state index >= 15 is 0 Å². The lowest BCUT2D eigenvalue weighted by Crippen LogP contribution is -2.43. The fourth-order valence-corrected chi connectivity index (χ4v) is 3.76. The zero-order chi connectivity index (χ0) is 19.6. The molecule has 1 fully saturated rings. The number of halogens is 1. The van der Waals surface area contributed by atoms with Crippen molar-refractivity contribution in [2.24, 2.45) is 11.8 Å². The van der Waals surface area contributed by atoms with Crippen molar-refractivity contribution in [2.75, 3.05) is 12.9 Å². The van der Waals surface area contributed by atoms with E-state index in [-0.39, 0.29) is 30.9 Å². The van der Waals surface area contributed by atoms with Crippen LogP contribution in [0.4, 0.5) is 0 Å². The number of carbonyl (C=O) groups excluding carboxylic acids is 1. The third kappa shape index (κ3) is 4.44. The van der Waals surface area contributed by atoms with Crippen LogP contribution in [0.5, 0.6) is 0 Å². The van der Waals surface area contributed by atoms with Crippen LogP contribution in [-0.2, 0) is 22.6 Å². The lowest BCUT2D eigenvalue weighted by molar-refractivity contribution is -0.142. The maximum absolute atomic E-state index is 13.0. The van der Waals surface area contributed by atoms with Gasteiger partial charge in [0, 0.05) is 11.6 Å². The van der Waals surface area contributed by atoms with E-state index < -0.39 is 11.4 Å². The van der Waals surface area contributed by atoms with Crippen LogP contribution in [-0.4, -0.2) is 33.0 Å². The Morgan fingerprint density at radius 2 is 2.00 bits per heavy atom. The number of hydrogen-bond donors (Lipinski definition) is 0. The summed E-state index contributed by atoms with van der Waals surface area (Å²) in [5, 5.41) is 0.999. The lowest BCUT2D eigenvalue weighted by Gasteiger charge is -2.13. The minimum absolute atomic E-state index is 0.0710. The second-order valence-corrected chi connectivity index (χ2v) is 8.01. The van der Waals surface area contributed by atoms with E-state index in [4.69, 9.17) is 16.3 Å². The molecule has 0 aliphatic heterocycles. The van der Waals surface area contributed by atoms with Gasteiger partial charge in [-0.25, -0.2) is 14.2 Å². The number of rotatable bonds is 7. The first kappa shape index (κ1) is 19.7. The number of hydrogen-bond acceptors (Lipinski definition) is 6. The van der Waals surface area contributed by atoms with Crippen molar-refractivity contribution in [2.45, 2.75) is 31.6 Å². The zero-order valence-electron chi connectivity index (χ0n) is 15.1. The van der Waals surface area contributed by atoms with Crippen LogP contribution < -0.4 is 11.4 Å². The van der Waals surface area contributed by atoms with E-state index in [1.54, 1.807) is 12.1 Å². The second kappa shape index (κ2) is 8.31. The quantitative estimate of drug-likeness (QED) is 0.514. The molecular weight excluding hydrogens is 390 g/mol. The first-order chi connectivity index (χ1) is 12.9. The molecular formula is C18H20ClN3O4S. The molecule has 9 heteroatoms. The minimum Gasteiger partial charge on any atom is -0.469 e. The van der Waals surface area contributed by atoms with Gasteiger partial charge in [0.1, 0.15) is 0 Å². The molecule has 0 amide bonds. The molecule has 0 bridgehead atoms. The smallest absolute Gasteiger partial charge is 0.354 e. The van der Waals surface area contributed by atoms with Crippen molar-refractivity contribution in [3.63, 3.8) is 0 Å². The van der Waals surface area contributed by atoms with Gasteiger partial charge >= 0.3 is 17.3 Å². The molecule has 2 aromatic rings. The van der Waals surface area contributed by atoms with Gasteiger partial charge in [0.15, 0.2) is 5.16 Å². The van der Waals surface area contributed by atoms with Gasteiger partial charge in [-0.15, -0.1) is 0 Å². The molecule has 0 N–H and O–H groups in total. The van der Waals surface area contributed by atoms with Gasteiger partial charge in [0.25, 0.3) is 0 Å². The molecule has 0 spiro atoms. The van der Waals surface area contributed by atoms with Crippen molar-refractivity contribution in [1.29, 1.82) is 0 Å². The van der Waals surface area contributed by atoms with Crippen LogP contribution in [0.3, 0.4) is 0 Å². The Kier molecular flexibility index (Phi) is 6.06. The summed E-state index contributed by atoms with van der Waals surface area (Å²) >= 11 is 7.26.